The first kappa shape index (κ1) is 20.8. The van der Waals surface area contributed by atoms with E-state index in [1.165, 1.54) is 22.9 Å². The average Bonchev–Trinajstić information content (AvgIpc) is 3.33. The van der Waals surface area contributed by atoms with Gasteiger partial charge in [0.15, 0.2) is 10.9 Å². The maximum Gasteiger partial charge on any atom is 0.289 e. The second-order valence-electron chi connectivity index (χ2n) is 6.27. The van der Waals surface area contributed by atoms with Crippen molar-refractivity contribution in [2.75, 3.05) is 19.3 Å². The number of aliphatic imine (C=N–C) groups is 1. The van der Waals surface area contributed by atoms with Gasteiger partial charge in [-0.05, 0) is 36.8 Å². The van der Waals surface area contributed by atoms with Crippen molar-refractivity contribution in [3.8, 4) is 0 Å². The highest BCUT2D eigenvalue weighted by Gasteiger charge is 2.35. The van der Waals surface area contributed by atoms with Crippen LogP contribution in [0.15, 0.2) is 46.0 Å². The Kier molecular flexibility index (Phi) is 6.69. The minimum atomic E-state index is -0.346. The second-order valence-corrected chi connectivity index (χ2v) is 8.07. The van der Waals surface area contributed by atoms with E-state index >= 15 is 0 Å². The molecule has 0 bridgehead atoms. The van der Waals surface area contributed by atoms with Crippen LogP contribution in [0.3, 0.4) is 0 Å². The molecular weight excluding hydrogens is 421 g/mol. The number of halogens is 2. The van der Waals surface area contributed by atoms with E-state index in [0.717, 1.165) is 12.2 Å². The highest BCUT2D eigenvalue weighted by atomic mass is 35.5. The van der Waals surface area contributed by atoms with Crippen LogP contribution in [0.4, 0.5) is 5.69 Å². The van der Waals surface area contributed by atoms with Crippen LogP contribution in [0.25, 0.3) is 0 Å². The second kappa shape index (κ2) is 9.03. The Hall–Kier alpha value is -1.96. The minimum Gasteiger partial charge on any atom is -0.459 e. The number of hydrogen-bond donors (Lipinski definition) is 0. The molecule has 6 nitrogen and oxygen atoms in total. The molecule has 1 atom stereocenters. The van der Waals surface area contributed by atoms with Crippen molar-refractivity contribution >= 4 is 57.6 Å². The number of hydrogen-bond acceptors (Lipinski definition) is 5. The number of carbonyl (C=O) groups is 2. The smallest absolute Gasteiger partial charge is 0.289 e. The summed E-state index contributed by atoms with van der Waals surface area (Å²) in [4.78, 5) is 32.9. The van der Waals surface area contributed by atoms with Gasteiger partial charge in [0, 0.05) is 18.8 Å². The van der Waals surface area contributed by atoms with Crippen LogP contribution in [0, 0.1) is 0 Å². The summed E-state index contributed by atoms with van der Waals surface area (Å²) >= 11 is 13.5. The van der Waals surface area contributed by atoms with Gasteiger partial charge in [-0.2, -0.15) is 0 Å². The molecule has 28 heavy (non-hydrogen) atoms. The third-order valence-corrected chi connectivity index (χ3v) is 6.13. The number of rotatable bonds is 5. The van der Waals surface area contributed by atoms with Crippen molar-refractivity contribution in [1.29, 1.82) is 0 Å². The summed E-state index contributed by atoms with van der Waals surface area (Å²) in [6.07, 6.45) is 2.21. The maximum atomic E-state index is 13.0. The van der Waals surface area contributed by atoms with Gasteiger partial charge in [0.1, 0.15) is 6.54 Å². The number of benzene rings is 1. The summed E-state index contributed by atoms with van der Waals surface area (Å²) in [7, 11) is 1.57. The Morgan fingerprint density at radius 3 is 2.75 bits per heavy atom. The monoisotopic (exact) mass is 439 g/mol. The number of amides is 2. The molecule has 3 rings (SSSR count). The van der Waals surface area contributed by atoms with Crippen LogP contribution in [0.1, 0.15) is 23.9 Å². The lowest BCUT2D eigenvalue weighted by Crippen LogP contribution is -2.45. The Morgan fingerprint density at radius 1 is 1.32 bits per heavy atom. The van der Waals surface area contributed by atoms with Crippen molar-refractivity contribution in [3.63, 3.8) is 0 Å². The van der Waals surface area contributed by atoms with E-state index in [0.29, 0.717) is 20.9 Å². The standard InChI is InChI=1S/C19H19Cl2N3O3S/c1-3-13-11-28-19(22-12-6-7-14(20)15(21)9-12)24(13)17(25)10-23(2)18(26)16-5-4-8-27-16/h4-9,13H,3,10-11H2,1-2H3. The zero-order valence-corrected chi connectivity index (χ0v) is 17.7. The summed E-state index contributed by atoms with van der Waals surface area (Å²) in [5.74, 6) is 0.403. The van der Waals surface area contributed by atoms with Gasteiger partial charge in [-0.25, -0.2) is 4.99 Å². The Bertz CT molecular complexity index is 902. The first-order valence-electron chi connectivity index (χ1n) is 8.68. The summed E-state index contributed by atoms with van der Waals surface area (Å²) in [5, 5.41) is 1.44. The predicted molar refractivity (Wildman–Crippen MR) is 113 cm³/mol. The van der Waals surface area contributed by atoms with E-state index in [4.69, 9.17) is 27.6 Å². The molecule has 1 aromatic carbocycles. The van der Waals surface area contributed by atoms with Crippen molar-refractivity contribution in [2.24, 2.45) is 4.99 Å². The largest absolute Gasteiger partial charge is 0.459 e. The van der Waals surface area contributed by atoms with E-state index < -0.39 is 0 Å². The number of thioether (sulfide) groups is 1. The molecule has 2 amide bonds. The molecule has 0 N–H and O–H groups in total. The molecule has 148 valence electrons. The van der Waals surface area contributed by atoms with E-state index in [1.54, 1.807) is 42.3 Å². The summed E-state index contributed by atoms with van der Waals surface area (Å²) < 4.78 is 5.12. The van der Waals surface area contributed by atoms with Crippen LogP contribution < -0.4 is 0 Å². The fourth-order valence-corrected chi connectivity index (χ4v) is 4.35. The van der Waals surface area contributed by atoms with Gasteiger partial charge in [-0.1, -0.05) is 41.9 Å². The van der Waals surface area contributed by atoms with Gasteiger partial charge < -0.3 is 9.32 Å². The summed E-state index contributed by atoms with van der Waals surface area (Å²) in [5.41, 5.74) is 0.617. The molecule has 2 heterocycles. The third kappa shape index (κ3) is 4.54. The predicted octanol–water partition coefficient (Wildman–Crippen LogP) is 4.70. The van der Waals surface area contributed by atoms with Crippen molar-refractivity contribution in [1.82, 2.24) is 9.80 Å². The lowest BCUT2D eigenvalue weighted by atomic mass is 10.2. The Balaban J connectivity index is 1.79. The lowest BCUT2D eigenvalue weighted by Gasteiger charge is -2.25. The van der Waals surface area contributed by atoms with E-state index in [2.05, 4.69) is 4.99 Å². The molecule has 0 aliphatic carbocycles. The average molecular weight is 440 g/mol. The van der Waals surface area contributed by atoms with E-state index in [1.807, 2.05) is 6.92 Å². The topological polar surface area (TPSA) is 66.1 Å². The zero-order chi connectivity index (χ0) is 20.3. The molecule has 9 heteroatoms. The molecule has 1 aliphatic rings. The highest BCUT2D eigenvalue weighted by molar-refractivity contribution is 8.14. The molecular formula is C19H19Cl2N3O3S. The molecule has 1 aliphatic heterocycles. The van der Waals surface area contributed by atoms with Crippen molar-refractivity contribution in [2.45, 2.75) is 19.4 Å². The summed E-state index contributed by atoms with van der Waals surface area (Å²) in [6.45, 7) is 1.95. The first-order valence-corrected chi connectivity index (χ1v) is 10.4. The molecule has 0 spiro atoms. The van der Waals surface area contributed by atoms with Crippen LogP contribution >= 0.6 is 35.0 Å². The Morgan fingerprint density at radius 2 is 2.11 bits per heavy atom. The van der Waals surface area contributed by atoms with Gasteiger partial charge in [0.25, 0.3) is 5.91 Å². The van der Waals surface area contributed by atoms with Gasteiger partial charge in [0.05, 0.1) is 22.0 Å². The van der Waals surface area contributed by atoms with Crippen molar-refractivity contribution in [3.05, 3.63) is 52.4 Å². The SMILES string of the molecule is CCC1CSC(=Nc2ccc(Cl)c(Cl)c2)N1C(=O)CN(C)C(=O)c1ccco1. The normalized spacial score (nSPS) is 17.9. The number of amidine groups is 1. The van der Waals surface area contributed by atoms with Gasteiger partial charge in [-0.15, -0.1) is 0 Å². The zero-order valence-electron chi connectivity index (χ0n) is 15.4. The fourth-order valence-electron chi connectivity index (χ4n) is 2.77. The summed E-state index contributed by atoms with van der Waals surface area (Å²) in [6, 6.07) is 8.30. The molecule has 0 radical (unpaired) electrons. The molecule has 1 saturated heterocycles. The molecule has 1 fully saturated rings. The number of furan rings is 1. The van der Waals surface area contributed by atoms with E-state index in [9.17, 15) is 9.59 Å². The quantitative estimate of drug-likeness (QED) is 0.676. The molecule has 0 saturated carbocycles. The van der Waals surface area contributed by atoms with Crippen LogP contribution in [-0.2, 0) is 4.79 Å². The van der Waals surface area contributed by atoms with Crippen LogP contribution in [0.2, 0.25) is 10.0 Å². The fraction of sp³-hybridized carbons (Fsp3) is 0.316. The third-order valence-electron chi connectivity index (χ3n) is 4.30. The Labute approximate surface area is 177 Å². The highest BCUT2D eigenvalue weighted by Crippen LogP contribution is 2.31. The number of carbonyl (C=O) groups excluding carboxylic acids is 2. The lowest BCUT2D eigenvalue weighted by molar-refractivity contribution is -0.128. The van der Waals surface area contributed by atoms with E-state index in [-0.39, 0.29) is 30.2 Å². The molecule has 1 unspecified atom stereocenters. The molecule has 2 aromatic rings. The minimum absolute atomic E-state index is 0.0196. The van der Waals surface area contributed by atoms with Crippen molar-refractivity contribution < 1.29 is 14.0 Å². The van der Waals surface area contributed by atoms with Gasteiger partial charge >= 0.3 is 0 Å². The molecule has 1 aromatic heterocycles. The van der Waals surface area contributed by atoms with Gasteiger partial charge in [0.2, 0.25) is 5.91 Å². The van der Waals surface area contributed by atoms with Crippen LogP contribution in [0.5, 0.6) is 0 Å². The van der Waals surface area contributed by atoms with Gasteiger partial charge in [-0.3, -0.25) is 14.5 Å². The number of nitrogens with zero attached hydrogens (tertiary/aromatic N) is 3. The number of likely N-dealkylation sites (N-methyl/N-ethyl adjacent to an activating group) is 1. The maximum absolute atomic E-state index is 13.0. The van der Waals surface area contributed by atoms with Crippen LogP contribution in [-0.4, -0.2) is 52.2 Å². The first-order chi connectivity index (χ1) is 13.4.